The Hall–Kier alpha value is -2.07. The van der Waals surface area contributed by atoms with Gasteiger partial charge in [-0.25, -0.2) is 9.78 Å². The van der Waals surface area contributed by atoms with Crippen LogP contribution in [-0.2, 0) is 28.2 Å². The molecule has 1 aromatic heterocycles. The van der Waals surface area contributed by atoms with E-state index in [2.05, 4.69) is 70.9 Å². The molecule has 0 amide bonds. The van der Waals surface area contributed by atoms with Crippen LogP contribution in [-0.4, -0.2) is 66.7 Å². The molecular weight excluding hydrogens is 536 g/mol. The smallest absolute Gasteiger partial charge is 0.335 e. The molecule has 0 aromatic carbocycles. The third-order valence-electron chi connectivity index (χ3n) is 10.8. The average molecular weight is 585 g/mol. The van der Waals surface area contributed by atoms with Crippen LogP contribution in [0, 0.1) is 29.6 Å². The van der Waals surface area contributed by atoms with Crippen LogP contribution in [0.5, 0.6) is 0 Å². The fourth-order valence-corrected chi connectivity index (χ4v) is 9.09. The number of ketones is 1. The van der Waals surface area contributed by atoms with Crippen LogP contribution in [0.4, 0.5) is 0 Å². The van der Waals surface area contributed by atoms with Gasteiger partial charge in [-0.1, -0.05) is 52.8 Å². The minimum Gasteiger partial charge on any atom is -0.457 e. The molecule has 1 saturated heterocycles. The van der Waals surface area contributed by atoms with Crippen molar-refractivity contribution in [2.75, 3.05) is 7.11 Å². The fraction of sp³-hybridized carbons (Fsp3) is 0.719. The van der Waals surface area contributed by atoms with Crippen LogP contribution < -0.4 is 0 Å². The molecule has 8 nitrogen and oxygen atoms in total. The summed E-state index contributed by atoms with van der Waals surface area (Å²) in [6.45, 7) is 19.2. The molecule has 3 unspecified atom stereocenters. The van der Waals surface area contributed by atoms with E-state index in [1.807, 2.05) is 24.6 Å². The predicted octanol–water partition coefficient (Wildman–Crippen LogP) is 5.52. The Morgan fingerprint density at radius 3 is 2.51 bits per heavy atom. The highest BCUT2D eigenvalue weighted by Gasteiger charge is 2.68. The SMILES string of the molecule is CO[C@H]1C[C@H]2C=C[C@@H]3[C@H]4C(=O)C(C)C(n5ccnc5)[C@@H]3O[C@@]24/C(C)=C/[C@@H](C)[C@@H](C(C)O[Si](C)(C)C(C)(C)C)OC1=O. The second-order valence-corrected chi connectivity index (χ2v) is 19.0. The van der Waals surface area contributed by atoms with Crippen molar-refractivity contribution in [2.24, 2.45) is 29.6 Å². The van der Waals surface area contributed by atoms with Crippen LogP contribution >= 0.6 is 0 Å². The molecule has 2 fully saturated rings. The molecule has 2 aliphatic carbocycles. The van der Waals surface area contributed by atoms with Gasteiger partial charge < -0.3 is 23.2 Å². The first-order valence-electron chi connectivity index (χ1n) is 15.1. The third-order valence-corrected chi connectivity index (χ3v) is 15.4. The summed E-state index contributed by atoms with van der Waals surface area (Å²) in [4.78, 5) is 32.2. The monoisotopic (exact) mass is 584 g/mol. The Kier molecular flexibility index (Phi) is 7.84. The summed E-state index contributed by atoms with van der Waals surface area (Å²) >= 11 is 0. The molecule has 2 aliphatic heterocycles. The molecule has 4 aliphatic rings. The number of hydrogen-bond donors (Lipinski definition) is 0. The molecule has 41 heavy (non-hydrogen) atoms. The van der Waals surface area contributed by atoms with Gasteiger partial charge in [0.2, 0.25) is 0 Å². The number of ether oxygens (including phenoxy) is 3. The normalized spacial score (nSPS) is 41.3. The Balaban J connectivity index is 1.58. The van der Waals surface area contributed by atoms with Crippen molar-refractivity contribution >= 4 is 20.1 Å². The van der Waals surface area contributed by atoms with E-state index >= 15 is 0 Å². The summed E-state index contributed by atoms with van der Waals surface area (Å²) in [5, 5.41) is 0.0128. The van der Waals surface area contributed by atoms with Crippen LogP contribution in [0.15, 0.2) is 42.5 Å². The van der Waals surface area contributed by atoms with Gasteiger partial charge in [-0.05, 0) is 44.0 Å². The molecule has 1 aromatic rings. The van der Waals surface area contributed by atoms with Gasteiger partial charge in [-0.2, -0.15) is 0 Å². The third kappa shape index (κ3) is 4.81. The molecule has 5 rings (SSSR count). The van der Waals surface area contributed by atoms with E-state index in [0.717, 1.165) is 5.57 Å². The van der Waals surface area contributed by atoms with Crippen molar-refractivity contribution in [3.8, 4) is 0 Å². The number of carbonyl (C=O) groups excluding carboxylic acids is 2. The Morgan fingerprint density at radius 2 is 1.90 bits per heavy atom. The zero-order valence-electron chi connectivity index (χ0n) is 26.3. The second-order valence-electron chi connectivity index (χ2n) is 14.3. The number of nitrogens with zero attached hydrogens (tertiary/aromatic N) is 2. The van der Waals surface area contributed by atoms with Crippen molar-refractivity contribution in [1.29, 1.82) is 0 Å². The number of imidazole rings is 1. The van der Waals surface area contributed by atoms with Crippen LogP contribution in [0.1, 0.15) is 60.9 Å². The van der Waals surface area contributed by atoms with E-state index in [9.17, 15) is 9.59 Å². The number of esters is 1. The molecule has 3 heterocycles. The van der Waals surface area contributed by atoms with Crippen LogP contribution in [0.3, 0.4) is 0 Å². The Bertz CT molecular complexity index is 1220. The summed E-state index contributed by atoms with van der Waals surface area (Å²) in [5.74, 6) is -1.18. The summed E-state index contributed by atoms with van der Waals surface area (Å²) in [5.41, 5.74) is 0.155. The van der Waals surface area contributed by atoms with Crippen LogP contribution in [0.25, 0.3) is 0 Å². The lowest BCUT2D eigenvalue weighted by Gasteiger charge is -2.46. The van der Waals surface area contributed by atoms with Crippen molar-refractivity contribution in [1.82, 2.24) is 9.55 Å². The predicted molar refractivity (Wildman–Crippen MR) is 159 cm³/mol. The fourth-order valence-electron chi connectivity index (χ4n) is 7.68. The van der Waals surface area contributed by atoms with Gasteiger partial charge in [0, 0.05) is 43.2 Å². The molecular formula is C32H48N2O6Si. The molecule has 0 radical (unpaired) electrons. The van der Waals surface area contributed by atoms with Gasteiger partial charge in [0.05, 0.1) is 30.5 Å². The van der Waals surface area contributed by atoms with E-state index in [-0.39, 0.29) is 58.7 Å². The largest absolute Gasteiger partial charge is 0.457 e. The quantitative estimate of drug-likeness (QED) is 0.256. The lowest BCUT2D eigenvalue weighted by molar-refractivity contribution is -0.171. The van der Waals surface area contributed by atoms with E-state index in [4.69, 9.17) is 18.6 Å². The van der Waals surface area contributed by atoms with E-state index < -0.39 is 32.1 Å². The molecule has 0 N–H and O–H groups in total. The van der Waals surface area contributed by atoms with Crippen molar-refractivity contribution < 1.29 is 28.2 Å². The maximum Gasteiger partial charge on any atom is 0.335 e. The highest BCUT2D eigenvalue weighted by atomic mass is 28.4. The number of Topliss-reactive ketones (excluding diaryl/α,β-unsaturated/α-hetero) is 1. The average Bonchev–Trinajstić information content (AvgIpc) is 3.47. The van der Waals surface area contributed by atoms with E-state index in [0.29, 0.717) is 6.42 Å². The zero-order chi connectivity index (χ0) is 30.1. The molecule has 1 saturated carbocycles. The first-order valence-corrected chi connectivity index (χ1v) is 18.0. The maximum atomic E-state index is 14.3. The summed E-state index contributed by atoms with van der Waals surface area (Å²) in [6, 6.07) is -0.149. The highest BCUT2D eigenvalue weighted by Crippen LogP contribution is 2.61. The van der Waals surface area contributed by atoms with Gasteiger partial charge in [0.25, 0.3) is 0 Å². The Morgan fingerprint density at radius 1 is 1.20 bits per heavy atom. The van der Waals surface area contributed by atoms with Crippen molar-refractivity contribution in [3.05, 3.63) is 42.5 Å². The second kappa shape index (κ2) is 10.6. The first-order chi connectivity index (χ1) is 19.1. The molecule has 1 spiro atoms. The number of carbonyl (C=O) groups is 2. The molecule has 11 atom stereocenters. The van der Waals surface area contributed by atoms with Gasteiger partial charge in [-0.15, -0.1) is 0 Å². The molecule has 226 valence electrons. The number of hydrogen-bond acceptors (Lipinski definition) is 7. The summed E-state index contributed by atoms with van der Waals surface area (Å²) in [7, 11) is -0.590. The summed E-state index contributed by atoms with van der Waals surface area (Å²) < 4.78 is 27.9. The lowest BCUT2D eigenvalue weighted by atomic mass is 9.57. The number of cyclic esters (lactones) is 1. The topological polar surface area (TPSA) is 88.9 Å². The van der Waals surface area contributed by atoms with Gasteiger partial charge in [0.15, 0.2) is 14.4 Å². The highest BCUT2D eigenvalue weighted by molar-refractivity contribution is 6.74. The Labute approximate surface area is 246 Å². The van der Waals surface area contributed by atoms with Crippen molar-refractivity contribution in [3.63, 3.8) is 0 Å². The minimum absolute atomic E-state index is 0.0128. The van der Waals surface area contributed by atoms with Crippen molar-refractivity contribution in [2.45, 2.75) is 109 Å². The standard InChI is InChI=1S/C32H48N2O6Si/c1-18-15-19(2)32-22(16-24(37-8)30(36)38-28(18)21(4)40-41(9,10)31(5,6)7)11-12-23-25(32)27(35)20(3)26(29(23)39-32)34-14-13-33-17-34/h11-15,17-18,20-26,28-29H,16H2,1-10H3/b19-15+/t18-,20?,21?,22-,23-,24+,25+,26?,28+,29-,32+/m1/s1. The molecule has 9 heteroatoms. The number of rotatable bonds is 5. The first kappa shape index (κ1) is 30.4. The van der Waals surface area contributed by atoms with E-state index in [1.54, 1.807) is 19.6 Å². The van der Waals surface area contributed by atoms with E-state index in [1.165, 1.54) is 0 Å². The van der Waals surface area contributed by atoms with Gasteiger partial charge >= 0.3 is 5.97 Å². The lowest BCUT2D eigenvalue weighted by Crippen LogP contribution is -2.54. The number of aromatic nitrogens is 2. The van der Waals surface area contributed by atoms with Gasteiger partial charge in [0.1, 0.15) is 17.5 Å². The molecule has 4 bridgehead atoms. The van der Waals surface area contributed by atoms with Gasteiger partial charge in [-0.3, -0.25) is 4.79 Å². The maximum absolute atomic E-state index is 14.3. The van der Waals surface area contributed by atoms with Crippen LogP contribution in [0.2, 0.25) is 18.1 Å². The minimum atomic E-state index is -2.14. The zero-order valence-corrected chi connectivity index (χ0v) is 27.3. The number of methoxy groups -OCH3 is 1. The summed E-state index contributed by atoms with van der Waals surface area (Å²) in [6.07, 6.45) is 10.5.